The fraction of sp³-hybridized carbons (Fsp3) is 0.0667. The van der Waals surface area contributed by atoms with Gasteiger partial charge in [0, 0.05) is 24.3 Å². The Morgan fingerprint density at radius 1 is 1.35 bits per heavy atom. The summed E-state index contributed by atoms with van der Waals surface area (Å²) in [6.45, 7) is 0. The van der Waals surface area contributed by atoms with Crippen LogP contribution in [0.25, 0.3) is 22.2 Å². The van der Waals surface area contributed by atoms with Crippen LogP contribution in [0.2, 0.25) is 0 Å². The van der Waals surface area contributed by atoms with Gasteiger partial charge >= 0.3 is 0 Å². The third-order valence-corrected chi connectivity index (χ3v) is 4.67. The van der Waals surface area contributed by atoms with E-state index in [-0.39, 0.29) is 0 Å². The number of rotatable bonds is 3. The SMILES string of the molecule is Cn1cccc1/C=C(/C#N)c1nc(-c2cccs2)cs1. The molecule has 0 saturated carbocycles. The Bertz CT molecular complexity index is 785. The minimum absolute atomic E-state index is 0.597. The lowest BCUT2D eigenvalue weighted by Crippen LogP contribution is -1.89. The second kappa shape index (κ2) is 5.45. The lowest BCUT2D eigenvalue weighted by Gasteiger charge is -1.97. The number of hydrogen-bond donors (Lipinski definition) is 0. The van der Waals surface area contributed by atoms with Gasteiger partial charge in [0.15, 0.2) is 0 Å². The third-order valence-electron chi connectivity index (χ3n) is 2.90. The largest absolute Gasteiger partial charge is 0.351 e. The predicted molar refractivity (Wildman–Crippen MR) is 84.3 cm³/mol. The van der Waals surface area contributed by atoms with E-state index < -0.39 is 0 Å². The van der Waals surface area contributed by atoms with Crippen molar-refractivity contribution < 1.29 is 0 Å². The highest BCUT2D eigenvalue weighted by molar-refractivity contribution is 7.14. The second-order valence-corrected chi connectivity index (χ2v) is 6.03. The first kappa shape index (κ1) is 12.9. The molecule has 0 atom stereocenters. The molecule has 3 rings (SSSR count). The van der Waals surface area contributed by atoms with Crippen LogP contribution < -0.4 is 0 Å². The van der Waals surface area contributed by atoms with E-state index in [2.05, 4.69) is 11.1 Å². The maximum atomic E-state index is 9.35. The Hall–Kier alpha value is -2.16. The molecule has 0 aromatic carbocycles. The van der Waals surface area contributed by atoms with Crippen LogP contribution >= 0.6 is 22.7 Å². The van der Waals surface area contributed by atoms with Crippen molar-refractivity contribution in [1.82, 2.24) is 9.55 Å². The van der Waals surface area contributed by atoms with Crippen LogP contribution in [0.4, 0.5) is 0 Å². The van der Waals surface area contributed by atoms with E-state index in [0.29, 0.717) is 5.57 Å². The van der Waals surface area contributed by atoms with Gasteiger partial charge in [-0.1, -0.05) is 6.07 Å². The monoisotopic (exact) mass is 297 g/mol. The van der Waals surface area contributed by atoms with E-state index in [1.165, 1.54) is 11.3 Å². The maximum Gasteiger partial charge on any atom is 0.134 e. The average Bonchev–Trinajstić information content (AvgIpc) is 3.17. The quantitative estimate of drug-likeness (QED) is 0.677. The van der Waals surface area contributed by atoms with E-state index in [1.54, 1.807) is 11.3 Å². The fourth-order valence-corrected chi connectivity index (χ4v) is 3.40. The van der Waals surface area contributed by atoms with Crippen LogP contribution in [0.1, 0.15) is 10.7 Å². The van der Waals surface area contributed by atoms with Crippen LogP contribution in [0.3, 0.4) is 0 Å². The van der Waals surface area contributed by atoms with E-state index in [1.807, 2.05) is 58.9 Å². The summed E-state index contributed by atoms with van der Waals surface area (Å²) in [4.78, 5) is 5.69. The number of aryl methyl sites for hydroxylation is 1. The van der Waals surface area contributed by atoms with E-state index >= 15 is 0 Å². The first-order valence-electron chi connectivity index (χ1n) is 6.01. The minimum atomic E-state index is 0.597. The van der Waals surface area contributed by atoms with Gasteiger partial charge in [-0.05, 0) is 29.7 Å². The molecular weight excluding hydrogens is 286 g/mol. The highest BCUT2D eigenvalue weighted by Gasteiger charge is 2.10. The van der Waals surface area contributed by atoms with Gasteiger partial charge in [-0.3, -0.25) is 0 Å². The number of thiophene rings is 1. The molecule has 0 aliphatic carbocycles. The molecule has 20 heavy (non-hydrogen) atoms. The Morgan fingerprint density at radius 3 is 2.90 bits per heavy atom. The minimum Gasteiger partial charge on any atom is -0.351 e. The van der Waals surface area contributed by atoms with Gasteiger partial charge in [0.25, 0.3) is 0 Å². The Kier molecular flexibility index (Phi) is 3.50. The number of nitrogens with zero attached hydrogens (tertiary/aromatic N) is 3. The van der Waals surface area contributed by atoms with Crippen molar-refractivity contribution in [2.24, 2.45) is 7.05 Å². The molecule has 0 bridgehead atoms. The Balaban J connectivity index is 1.97. The zero-order valence-corrected chi connectivity index (χ0v) is 12.4. The van der Waals surface area contributed by atoms with E-state index in [0.717, 1.165) is 21.3 Å². The summed E-state index contributed by atoms with van der Waals surface area (Å²) in [6.07, 6.45) is 3.83. The lowest BCUT2D eigenvalue weighted by atomic mass is 10.2. The second-order valence-electron chi connectivity index (χ2n) is 4.23. The first-order chi connectivity index (χ1) is 9.78. The highest BCUT2D eigenvalue weighted by atomic mass is 32.1. The predicted octanol–water partition coefficient (Wildman–Crippen LogP) is 4.27. The molecule has 0 amide bonds. The summed E-state index contributed by atoms with van der Waals surface area (Å²) in [5.74, 6) is 0. The van der Waals surface area contributed by atoms with Gasteiger partial charge in [-0.15, -0.1) is 22.7 Å². The smallest absolute Gasteiger partial charge is 0.134 e. The summed E-state index contributed by atoms with van der Waals surface area (Å²) in [6, 6.07) is 10.2. The van der Waals surface area contributed by atoms with Crippen LogP contribution in [0.15, 0.2) is 41.2 Å². The van der Waals surface area contributed by atoms with Crippen molar-refractivity contribution in [3.63, 3.8) is 0 Å². The Labute approximate surface area is 125 Å². The molecule has 0 aliphatic heterocycles. The summed E-state index contributed by atoms with van der Waals surface area (Å²) < 4.78 is 1.98. The number of nitriles is 1. The summed E-state index contributed by atoms with van der Waals surface area (Å²) in [7, 11) is 1.96. The van der Waals surface area contributed by atoms with Crippen molar-refractivity contribution in [2.75, 3.05) is 0 Å². The summed E-state index contributed by atoms with van der Waals surface area (Å²) in [5, 5.41) is 14.1. The number of aromatic nitrogens is 2. The van der Waals surface area contributed by atoms with Gasteiger partial charge < -0.3 is 4.57 Å². The molecule has 3 heterocycles. The highest BCUT2D eigenvalue weighted by Crippen LogP contribution is 2.29. The molecule has 0 saturated heterocycles. The van der Waals surface area contributed by atoms with Crippen LogP contribution in [0, 0.1) is 11.3 Å². The molecule has 0 N–H and O–H groups in total. The first-order valence-corrected chi connectivity index (χ1v) is 7.77. The van der Waals surface area contributed by atoms with Crippen molar-refractivity contribution in [1.29, 1.82) is 5.26 Å². The van der Waals surface area contributed by atoms with Crippen LogP contribution in [-0.4, -0.2) is 9.55 Å². The summed E-state index contributed by atoms with van der Waals surface area (Å²) >= 11 is 3.16. The van der Waals surface area contributed by atoms with Crippen molar-refractivity contribution in [3.05, 3.63) is 51.9 Å². The molecule has 0 spiro atoms. The number of hydrogen-bond acceptors (Lipinski definition) is 4. The van der Waals surface area contributed by atoms with Crippen molar-refractivity contribution in [3.8, 4) is 16.6 Å². The molecule has 0 fully saturated rings. The molecule has 0 aliphatic rings. The Morgan fingerprint density at radius 2 is 2.25 bits per heavy atom. The molecule has 98 valence electrons. The average molecular weight is 297 g/mol. The molecule has 3 aromatic rings. The normalized spacial score (nSPS) is 11.5. The van der Waals surface area contributed by atoms with Crippen molar-refractivity contribution in [2.45, 2.75) is 0 Å². The third kappa shape index (κ3) is 2.44. The van der Waals surface area contributed by atoms with Gasteiger partial charge in [0.1, 0.15) is 11.1 Å². The number of thiazole rings is 1. The molecule has 0 unspecified atom stereocenters. The fourth-order valence-electron chi connectivity index (χ4n) is 1.85. The molecule has 5 heteroatoms. The van der Waals surface area contributed by atoms with Crippen LogP contribution in [-0.2, 0) is 7.05 Å². The standard InChI is InChI=1S/C15H11N3S2/c1-18-6-2-4-12(18)8-11(9-16)15-17-13(10-20-15)14-5-3-7-19-14/h2-8,10H,1H3/b11-8-. The topological polar surface area (TPSA) is 41.6 Å². The lowest BCUT2D eigenvalue weighted by molar-refractivity contribution is 0.915. The molecular formula is C15H11N3S2. The number of allylic oxidation sites excluding steroid dienone is 1. The molecule has 0 radical (unpaired) electrons. The van der Waals surface area contributed by atoms with Gasteiger partial charge in [-0.2, -0.15) is 5.26 Å². The van der Waals surface area contributed by atoms with Gasteiger partial charge in [0.2, 0.25) is 0 Å². The van der Waals surface area contributed by atoms with E-state index in [4.69, 9.17) is 0 Å². The molecule has 3 nitrogen and oxygen atoms in total. The zero-order chi connectivity index (χ0) is 13.9. The van der Waals surface area contributed by atoms with Crippen LogP contribution in [0.5, 0.6) is 0 Å². The summed E-state index contributed by atoms with van der Waals surface area (Å²) in [5.41, 5.74) is 2.53. The van der Waals surface area contributed by atoms with E-state index in [9.17, 15) is 5.26 Å². The van der Waals surface area contributed by atoms with Gasteiger partial charge in [-0.25, -0.2) is 4.98 Å². The maximum absolute atomic E-state index is 9.35. The van der Waals surface area contributed by atoms with Crippen molar-refractivity contribution >= 4 is 34.3 Å². The zero-order valence-electron chi connectivity index (χ0n) is 10.8. The van der Waals surface area contributed by atoms with Gasteiger partial charge in [0.05, 0.1) is 16.1 Å². The molecule has 3 aromatic heterocycles.